The molecule has 1 aliphatic heterocycles. The van der Waals surface area contributed by atoms with Crippen LogP contribution in [0.25, 0.3) is 0 Å². The zero-order chi connectivity index (χ0) is 14.8. The molecular weight excluding hydrogens is 258 g/mol. The van der Waals surface area contributed by atoms with Gasteiger partial charge in [-0.05, 0) is 31.5 Å². The van der Waals surface area contributed by atoms with E-state index in [-0.39, 0.29) is 12.0 Å². The minimum atomic E-state index is -0.698. The predicted octanol–water partition coefficient (Wildman–Crippen LogP) is 1.82. The molecule has 0 amide bonds. The van der Waals surface area contributed by atoms with E-state index in [9.17, 15) is 5.11 Å². The quantitative estimate of drug-likeness (QED) is 0.881. The Balaban J connectivity index is 2.26. The predicted molar refractivity (Wildman–Crippen MR) is 75.5 cm³/mol. The molecule has 1 aliphatic rings. The first-order chi connectivity index (χ1) is 9.49. The van der Waals surface area contributed by atoms with Crippen LogP contribution in [0.15, 0.2) is 24.3 Å². The van der Waals surface area contributed by atoms with Crippen molar-refractivity contribution in [3.05, 3.63) is 29.8 Å². The number of ether oxygens (including phenoxy) is 2. The first-order valence-corrected chi connectivity index (χ1v) is 6.80. The van der Waals surface area contributed by atoms with Crippen molar-refractivity contribution in [1.82, 2.24) is 5.48 Å². The minimum absolute atomic E-state index is 0.0969. The van der Waals surface area contributed by atoms with E-state index in [4.69, 9.17) is 14.3 Å². The maximum Gasteiger partial charge on any atom is 0.185 e. The molecule has 0 aliphatic carbocycles. The van der Waals surface area contributed by atoms with Crippen molar-refractivity contribution < 1.29 is 19.4 Å². The van der Waals surface area contributed by atoms with Crippen molar-refractivity contribution in [2.75, 3.05) is 14.2 Å². The van der Waals surface area contributed by atoms with Gasteiger partial charge in [0.05, 0.1) is 19.3 Å². The fraction of sp³-hybridized carbons (Fsp3) is 0.600. The molecule has 1 saturated heterocycles. The van der Waals surface area contributed by atoms with Crippen LogP contribution in [0.5, 0.6) is 5.75 Å². The highest BCUT2D eigenvalue weighted by atomic mass is 16.8. The van der Waals surface area contributed by atoms with Crippen LogP contribution in [0.4, 0.5) is 0 Å². The first kappa shape index (κ1) is 15.3. The molecule has 1 aromatic rings. The Hall–Kier alpha value is -1.14. The van der Waals surface area contributed by atoms with Gasteiger partial charge in [-0.2, -0.15) is 5.48 Å². The summed E-state index contributed by atoms with van der Waals surface area (Å²) < 4.78 is 10.6. The highest BCUT2D eigenvalue weighted by Gasteiger charge is 2.41. The minimum Gasteiger partial charge on any atom is -0.497 e. The van der Waals surface area contributed by atoms with Crippen molar-refractivity contribution in [3.63, 3.8) is 0 Å². The molecule has 0 unspecified atom stereocenters. The van der Waals surface area contributed by atoms with E-state index in [0.29, 0.717) is 6.42 Å². The topological polar surface area (TPSA) is 60.0 Å². The molecule has 0 spiro atoms. The Bertz CT molecular complexity index is 434. The van der Waals surface area contributed by atoms with E-state index >= 15 is 0 Å². The largest absolute Gasteiger partial charge is 0.497 e. The van der Waals surface area contributed by atoms with E-state index in [0.717, 1.165) is 11.3 Å². The molecule has 5 nitrogen and oxygen atoms in total. The summed E-state index contributed by atoms with van der Waals surface area (Å²) in [5.74, 6) is 0.215. The average Bonchev–Trinajstić information content (AvgIpc) is 2.47. The highest BCUT2D eigenvalue weighted by molar-refractivity contribution is 5.31. The maximum atomic E-state index is 9.94. The van der Waals surface area contributed by atoms with Crippen LogP contribution in [0.1, 0.15) is 31.7 Å². The van der Waals surface area contributed by atoms with Gasteiger partial charge in [-0.25, -0.2) is 0 Å². The summed E-state index contributed by atoms with van der Waals surface area (Å²) in [6.07, 6.45) is 0.141. The molecule has 0 bridgehead atoms. The summed E-state index contributed by atoms with van der Waals surface area (Å²) in [6, 6.07) is 7.71. The molecule has 20 heavy (non-hydrogen) atoms. The van der Waals surface area contributed by atoms with Crippen LogP contribution in [0.2, 0.25) is 0 Å². The molecule has 1 fully saturated rings. The van der Waals surface area contributed by atoms with Crippen molar-refractivity contribution in [1.29, 1.82) is 0 Å². The molecule has 112 valence electrons. The first-order valence-electron chi connectivity index (χ1n) is 6.80. The lowest BCUT2D eigenvalue weighted by Crippen LogP contribution is -2.55. The molecule has 4 atom stereocenters. The van der Waals surface area contributed by atoms with Gasteiger partial charge in [-0.15, -0.1) is 0 Å². The number of hydroxylamine groups is 1. The number of aliphatic hydroxyl groups excluding tert-OH is 1. The second kappa shape index (κ2) is 6.10. The molecule has 1 heterocycles. The Morgan fingerprint density at radius 1 is 1.35 bits per heavy atom. The van der Waals surface area contributed by atoms with E-state index in [1.54, 1.807) is 21.1 Å². The summed E-state index contributed by atoms with van der Waals surface area (Å²) in [5.41, 5.74) is 4.05. The Morgan fingerprint density at radius 2 is 2.00 bits per heavy atom. The summed E-state index contributed by atoms with van der Waals surface area (Å²) >= 11 is 0. The number of hydrogen-bond donors (Lipinski definition) is 2. The van der Waals surface area contributed by atoms with Crippen molar-refractivity contribution >= 4 is 0 Å². The second-order valence-corrected chi connectivity index (χ2v) is 5.41. The van der Waals surface area contributed by atoms with Gasteiger partial charge >= 0.3 is 0 Å². The standard InChI is InChI=1S/C15H23NO4/c1-10(17)14-13(9-15(2,19-4)20-16-14)11-5-7-12(18-3)8-6-11/h5-8,10,13-14,16-17H,9H2,1-4H3/t10-,13+,14+,15+/m0/s1. The molecule has 0 aromatic heterocycles. The van der Waals surface area contributed by atoms with Crippen LogP contribution >= 0.6 is 0 Å². The molecule has 1 aromatic carbocycles. The van der Waals surface area contributed by atoms with Gasteiger partial charge in [-0.3, -0.25) is 4.84 Å². The number of rotatable bonds is 4. The third-order valence-corrected chi connectivity index (χ3v) is 3.93. The summed E-state index contributed by atoms with van der Waals surface area (Å²) in [5, 5.41) is 9.94. The molecular formula is C15H23NO4. The van der Waals surface area contributed by atoms with Gasteiger partial charge in [0.25, 0.3) is 0 Å². The van der Waals surface area contributed by atoms with Crippen molar-refractivity contribution in [2.45, 2.75) is 44.1 Å². The number of hydrogen-bond acceptors (Lipinski definition) is 5. The molecule has 0 saturated carbocycles. The van der Waals surface area contributed by atoms with Gasteiger partial charge in [0, 0.05) is 19.4 Å². The Kier molecular flexibility index (Phi) is 4.65. The number of nitrogens with one attached hydrogen (secondary N) is 1. The van der Waals surface area contributed by atoms with Crippen LogP contribution in [-0.2, 0) is 9.57 Å². The highest BCUT2D eigenvalue weighted by Crippen LogP contribution is 2.36. The van der Waals surface area contributed by atoms with Gasteiger partial charge in [0.2, 0.25) is 0 Å². The van der Waals surface area contributed by atoms with Crippen LogP contribution < -0.4 is 10.2 Å². The number of benzene rings is 1. The lowest BCUT2D eigenvalue weighted by Gasteiger charge is -2.43. The number of methoxy groups -OCH3 is 2. The third-order valence-electron chi connectivity index (χ3n) is 3.93. The van der Waals surface area contributed by atoms with Crippen LogP contribution in [0.3, 0.4) is 0 Å². The zero-order valence-electron chi connectivity index (χ0n) is 12.4. The maximum absolute atomic E-state index is 9.94. The third kappa shape index (κ3) is 3.12. The van der Waals surface area contributed by atoms with E-state index in [1.165, 1.54) is 0 Å². The molecule has 2 N–H and O–H groups in total. The number of aliphatic hydroxyl groups is 1. The van der Waals surface area contributed by atoms with E-state index in [1.807, 2.05) is 31.2 Å². The molecule has 0 radical (unpaired) electrons. The Morgan fingerprint density at radius 3 is 2.50 bits per heavy atom. The SMILES string of the molecule is COc1ccc([C@H]2C[C@](C)(OC)ON[C@@H]2[C@H](C)O)cc1. The smallest absolute Gasteiger partial charge is 0.185 e. The van der Waals surface area contributed by atoms with Crippen molar-refractivity contribution in [2.24, 2.45) is 0 Å². The summed E-state index contributed by atoms with van der Waals surface area (Å²) in [6.45, 7) is 3.64. The lowest BCUT2D eigenvalue weighted by atomic mass is 9.83. The Labute approximate surface area is 119 Å². The van der Waals surface area contributed by atoms with E-state index in [2.05, 4.69) is 5.48 Å². The normalized spacial score (nSPS) is 31.9. The fourth-order valence-electron chi connectivity index (χ4n) is 2.58. The summed E-state index contributed by atoms with van der Waals surface area (Å²) in [7, 11) is 3.26. The molecule has 2 rings (SSSR count). The van der Waals surface area contributed by atoms with Gasteiger partial charge in [0.15, 0.2) is 5.79 Å². The van der Waals surface area contributed by atoms with Gasteiger partial charge in [0.1, 0.15) is 5.75 Å². The fourth-order valence-corrected chi connectivity index (χ4v) is 2.58. The van der Waals surface area contributed by atoms with Gasteiger partial charge in [-0.1, -0.05) is 12.1 Å². The van der Waals surface area contributed by atoms with Crippen LogP contribution in [0, 0.1) is 0 Å². The van der Waals surface area contributed by atoms with Crippen molar-refractivity contribution in [3.8, 4) is 5.75 Å². The summed E-state index contributed by atoms with van der Waals surface area (Å²) in [4.78, 5) is 5.53. The average molecular weight is 281 g/mol. The van der Waals surface area contributed by atoms with E-state index < -0.39 is 11.9 Å². The lowest BCUT2D eigenvalue weighted by molar-refractivity contribution is -0.284. The monoisotopic (exact) mass is 281 g/mol. The zero-order valence-corrected chi connectivity index (χ0v) is 12.4. The van der Waals surface area contributed by atoms with Gasteiger partial charge < -0.3 is 14.6 Å². The second-order valence-electron chi connectivity index (χ2n) is 5.41. The molecule has 5 heteroatoms. The van der Waals surface area contributed by atoms with Crippen LogP contribution in [-0.4, -0.2) is 37.3 Å².